The van der Waals surface area contributed by atoms with Gasteiger partial charge in [0.25, 0.3) is 0 Å². The van der Waals surface area contributed by atoms with Gasteiger partial charge in [0.2, 0.25) is 0 Å². The Morgan fingerprint density at radius 3 is 2.95 bits per heavy atom. The van der Waals surface area contributed by atoms with Crippen molar-refractivity contribution in [2.24, 2.45) is 5.92 Å². The van der Waals surface area contributed by atoms with Crippen molar-refractivity contribution in [2.45, 2.75) is 19.8 Å². The Morgan fingerprint density at radius 2 is 2.26 bits per heavy atom. The zero-order valence-corrected chi connectivity index (χ0v) is 11.1. The molecule has 1 aliphatic carbocycles. The van der Waals surface area contributed by atoms with Crippen LogP contribution in [0, 0.1) is 11.7 Å². The van der Waals surface area contributed by atoms with Crippen LogP contribution in [0.25, 0.3) is 6.08 Å². The van der Waals surface area contributed by atoms with Gasteiger partial charge in [0.15, 0.2) is 11.6 Å². The molecule has 2 rings (SSSR count). The third kappa shape index (κ3) is 2.95. The average molecular weight is 264 g/mol. The lowest BCUT2D eigenvalue weighted by Gasteiger charge is -2.10. The maximum Gasteiger partial charge on any atom is 0.312 e. The number of esters is 1. The van der Waals surface area contributed by atoms with Gasteiger partial charge >= 0.3 is 5.97 Å². The van der Waals surface area contributed by atoms with Crippen molar-refractivity contribution in [3.63, 3.8) is 0 Å². The fourth-order valence-electron chi connectivity index (χ4n) is 2.21. The number of fused-ring (bicyclic) bond motifs is 1. The van der Waals surface area contributed by atoms with Crippen molar-refractivity contribution in [1.29, 1.82) is 0 Å². The molecule has 1 aromatic rings. The van der Waals surface area contributed by atoms with Gasteiger partial charge in [-0.15, -0.1) is 0 Å². The molecular formula is C15H17FO3. The molecule has 19 heavy (non-hydrogen) atoms. The number of benzene rings is 1. The van der Waals surface area contributed by atoms with Crippen molar-refractivity contribution in [3.05, 3.63) is 35.2 Å². The van der Waals surface area contributed by atoms with Crippen LogP contribution in [-0.2, 0) is 16.0 Å². The predicted octanol–water partition coefficient (Wildman–Crippen LogP) is 2.97. The second kappa shape index (κ2) is 5.87. The minimum Gasteiger partial charge on any atom is -0.494 e. The van der Waals surface area contributed by atoms with Gasteiger partial charge < -0.3 is 9.47 Å². The lowest BCUT2D eigenvalue weighted by atomic mass is 10.0. The minimum absolute atomic E-state index is 0.220. The van der Waals surface area contributed by atoms with E-state index in [9.17, 15) is 9.18 Å². The van der Waals surface area contributed by atoms with E-state index in [-0.39, 0.29) is 23.5 Å². The first-order valence-electron chi connectivity index (χ1n) is 6.37. The van der Waals surface area contributed by atoms with Gasteiger partial charge in [0.05, 0.1) is 19.6 Å². The molecule has 0 radical (unpaired) electrons. The van der Waals surface area contributed by atoms with Gasteiger partial charge in [-0.3, -0.25) is 4.79 Å². The molecule has 4 heteroatoms. The Bertz CT molecular complexity index is 508. The average Bonchev–Trinajstić information content (AvgIpc) is 2.60. The molecule has 102 valence electrons. The summed E-state index contributed by atoms with van der Waals surface area (Å²) in [5.41, 5.74) is 1.78. The molecule has 0 saturated heterocycles. The zero-order chi connectivity index (χ0) is 13.8. The molecule has 0 N–H and O–H groups in total. The summed E-state index contributed by atoms with van der Waals surface area (Å²) in [4.78, 5) is 11.7. The number of ether oxygens (including phenoxy) is 2. The maximum atomic E-state index is 13.6. The standard InChI is InChI=1S/C15H17FO3/c1-3-19-15(17)10-4-6-11-8-13(16)14(18-2)9-12(11)7-5-10/h5,7-10H,3-4,6H2,1-2H3. The number of carbonyl (C=O) groups excluding carboxylic acids is 1. The highest BCUT2D eigenvalue weighted by Crippen LogP contribution is 2.28. The SMILES string of the molecule is CCOC(=O)C1C=Cc2cc(OC)c(F)cc2CC1. The summed E-state index contributed by atoms with van der Waals surface area (Å²) in [6, 6.07) is 3.14. The highest BCUT2D eigenvalue weighted by atomic mass is 19.1. The Kier molecular flexibility index (Phi) is 4.20. The second-order valence-corrected chi connectivity index (χ2v) is 4.44. The van der Waals surface area contributed by atoms with Crippen LogP contribution in [0.15, 0.2) is 18.2 Å². The van der Waals surface area contributed by atoms with Gasteiger partial charge in [0, 0.05) is 0 Å². The topological polar surface area (TPSA) is 35.5 Å². The van der Waals surface area contributed by atoms with E-state index in [1.807, 2.05) is 12.2 Å². The van der Waals surface area contributed by atoms with Crippen LogP contribution in [-0.4, -0.2) is 19.7 Å². The smallest absolute Gasteiger partial charge is 0.312 e. The highest BCUT2D eigenvalue weighted by molar-refractivity contribution is 5.76. The quantitative estimate of drug-likeness (QED) is 0.787. The van der Waals surface area contributed by atoms with Gasteiger partial charge in [-0.1, -0.05) is 12.2 Å². The van der Waals surface area contributed by atoms with E-state index >= 15 is 0 Å². The number of rotatable bonds is 3. The van der Waals surface area contributed by atoms with Crippen LogP contribution >= 0.6 is 0 Å². The summed E-state index contributed by atoms with van der Waals surface area (Å²) in [5.74, 6) is -0.636. The molecule has 0 aromatic heterocycles. The van der Waals surface area contributed by atoms with Crippen LogP contribution in [0.1, 0.15) is 24.5 Å². The van der Waals surface area contributed by atoms with Crippen LogP contribution in [0.5, 0.6) is 5.75 Å². The van der Waals surface area contributed by atoms with Crippen LogP contribution in [0.2, 0.25) is 0 Å². The van der Waals surface area contributed by atoms with E-state index in [2.05, 4.69) is 0 Å². The molecular weight excluding hydrogens is 247 g/mol. The third-order valence-corrected chi connectivity index (χ3v) is 3.24. The number of halogens is 1. The van der Waals surface area contributed by atoms with Crippen LogP contribution in [0.4, 0.5) is 4.39 Å². The molecule has 3 nitrogen and oxygen atoms in total. The Labute approximate surface area is 112 Å². The van der Waals surface area contributed by atoms with Crippen molar-refractivity contribution < 1.29 is 18.7 Å². The summed E-state index contributed by atoms with van der Waals surface area (Å²) in [7, 11) is 1.44. The first kappa shape index (κ1) is 13.6. The Morgan fingerprint density at radius 1 is 1.47 bits per heavy atom. The van der Waals surface area contributed by atoms with Gasteiger partial charge in [-0.25, -0.2) is 4.39 Å². The summed E-state index contributed by atoms with van der Waals surface area (Å²) in [5, 5.41) is 0. The molecule has 0 bridgehead atoms. The summed E-state index contributed by atoms with van der Waals surface area (Å²) >= 11 is 0. The molecule has 0 amide bonds. The molecule has 0 heterocycles. The number of aryl methyl sites for hydroxylation is 1. The molecule has 1 atom stereocenters. The summed E-state index contributed by atoms with van der Waals surface area (Å²) in [6.45, 7) is 2.16. The summed E-state index contributed by atoms with van der Waals surface area (Å²) in [6.07, 6.45) is 4.94. The van der Waals surface area contributed by atoms with E-state index in [1.165, 1.54) is 13.2 Å². The molecule has 0 spiro atoms. The molecule has 0 fully saturated rings. The first-order chi connectivity index (χ1) is 9.15. The lowest BCUT2D eigenvalue weighted by molar-refractivity contribution is -0.146. The van der Waals surface area contributed by atoms with E-state index < -0.39 is 0 Å². The molecule has 1 unspecified atom stereocenters. The van der Waals surface area contributed by atoms with Gasteiger partial charge in [-0.2, -0.15) is 0 Å². The third-order valence-electron chi connectivity index (χ3n) is 3.24. The van der Waals surface area contributed by atoms with E-state index in [0.29, 0.717) is 19.4 Å². The van der Waals surface area contributed by atoms with E-state index in [0.717, 1.165) is 11.1 Å². The molecule has 1 aromatic carbocycles. The van der Waals surface area contributed by atoms with Crippen molar-refractivity contribution in [3.8, 4) is 5.75 Å². The van der Waals surface area contributed by atoms with E-state index in [4.69, 9.17) is 9.47 Å². The monoisotopic (exact) mass is 264 g/mol. The van der Waals surface area contributed by atoms with Gasteiger partial charge in [-0.05, 0) is 43.0 Å². The van der Waals surface area contributed by atoms with Crippen LogP contribution < -0.4 is 4.74 Å². The largest absolute Gasteiger partial charge is 0.494 e. The molecule has 1 aliphatic rings. The van der Waals surface area contributed by atoms with Gasteiger partial charge in [0.1, 0.15) is 0 Å². The molecule has 0 aliphatic heterocycles. The van der Waals surface area contributed by atoms with Crippen LogP contribution in [0.3, 0.4) is 0 Å². The number of hydrogen-bond donors (Lipinski definition) is 0. The lowest BCUT2D eigenvalue weighted by Crippen LogP contribution is -2.15. The number of carbonyl (C=O) groups is 1. The Balaban J connectivity index is 2.24. The molecule has 0 saturated carbocycles. The second-order valence-electron chi connectivity index (χ2n) is 4.44. The minimum atomic E-state index is -0.371. The van der Waals surface area contributed by atoms with Crippen molar-refractivity contribution in [1.82, 2.24) is 0 Å². The first-order valence-corrected chi connectivity index (χ1v) is 6.37. The fraction of sp³-hybridized carbons (Fsp3) is 0.400. The summed E-state index contributed by atoms with van der Waals surface area (Å²) < 4.78 is 23.6. The predicted molar refractivity (Wildman–Crippen MR) is 70.4 cm³/mol. The highest BCUT2D eigenvalue weighted by Gasteiger charge is 2.20. The Hall–Kier alpha value is -1.84. The number of hydrogen-bond acceptors (Lipinski definition) is 3. The maximum absolute atomic E-state index is 13.6. The van der Waals surface area contributed by atoms with Crippen molar-refractivity contribution in [2.75, 3.05) is 13.7 Å². The number of methoxy groups -OCH3 is 1. The van der Waals surface area contributed by atoms with Crippen molar-refractivity contribution >= 4 is 12.0 Å². The fourth-order valence-corrected chi connectivity index (χ4v) is 2.21. The van der Waals surface area contributed by atoms with E-state index in [1.54, 1.807) is 13.0 Å². The zero-order valence-electron chi connectivity index (χ0n) is 11.1. The normalized spacial score (nSPS) is 17.5.